The first kappa shape index (κ1) is 50.0. The van der Waals surface area contributed by atoms with Gasteiger partial charge in [0.1, 0.15) is 6.61 Å². The molecule has 1 fully saturated rings. The number of methoxy groups -OCH3 is 1. The number of hydrogen-bond donors (Lipinski definition) is 1. The van der Waals surface area contributed by atoms with Crippen molar-refractivity contribution in [3.8, 4) is 0 Å². The molecule has 0 amide bonds. The summed E-state index contributed by atoms with van der Waals surface area (Å²) in [5.41, 5.74) is 5.09. The summed E-state index contributed by atoms with van der Waals surface area (Å²) in [6, 6.07) is 0. The molecule has 0 aromatic rings. The van der Waals surface area contributed by atoms with E-state index in [-0.39, 0.29) is 47.9 Å². The average Bonchev–Trinajstić information content (AvgIpc) is 4.01. The quantitative estimate of drug-likeness (QED) is 0.0520. The molecular formula is C55H70N4O7. The lowest BCUT2D eigenvalue weighted by molar-refractivity contribution is -0.161. The molecule has 1 aliphatic carbocycles. The van der Waals surface area contributed by atoms with Gasteiger partial charge in [0.15, 0.2) is 6.29 Å². The second-order valence-electron chi connectivity index (χ2n) is 19.5. The molecule has 8 bridgehead atoms. The summed E-state index contributed by atoms with van der Waals surface area (Å²) < 4.78 is 10.8. The van der Waals surface area contributed by atoms with Crippen molar-refractivity contribution in [1.29, 1.82) is 0 Å². The van der Waals surface area contributed by atoms with Gasteiger partial charge in [0.25, 0.3) is 5.60 Å². The van der Waals surface area contributed by atoms with Crippen LogP contribution in [0.4, 0.5) is 0 Å². The van der Waals surface area contributed by atoms with Crippen LogP contribution in [0.25, 0.3) is 0 Å². The highest BCUT2D eigenvalue weighted by Crippen LogP contribution is 2.49. The number of allylic oxidation sites excluding steroid dienone is 11. The SMILES string of the molecule is C=CC1=C(C)C2=CC3=NC(=C4C5=NC(=CC6=NC(=CC1=N2)C(C=O)=C6CC)C(C)=C5C(=O)C4(O)C(=O)OC)C(CCC(=O)OCC=C(C)CCCC(C)CCCC(C)CCCC(C)C)C3C. The molecule has 6 rings (SSSR count). The highest BCUT2D eigenvalue weighted by atomic mass is 16.5. The van der Waals surface area contributed by atoms with Gasteiger partial charge in [-0.2, -0.15) is 0 Å². The number of aldehydes is 1. The van der Waals surface area contributed by atoms with Crippen LogP contribution in [0.5, 0.6) is 0 Å². The van der Waals surface area contributed by atoms with Crippen molar-refractivity contribution in [3.63, 3.8) is 0 Å². The smallest absolute Gasteiger partial charge is 0.351 e. The predicted octanol–water partition coefficient (Wildman–Crippen LogP) is 10.9. The molecule has 66 heavy (non-hydrogen) atoms. The molecule has 11 heteroatoms. The normalized spacial score (nSPS) is 23.5. The number of hydrogen-bond acceptors (Lipinski definition) is 11. The summed E-state index contributed by atoms with van der Waals surface area (Å²) in [6.07, 6.45) is 21.7. The van der Waals surface area contributed by atoms with Crippen LogP contribution in [0.15, 0.2) is 124 Å². The van der Waals surface area contributed by atoms with Gasteiger partial charge in [-0.05, 0) is 105 Å². The van der Waals surface area contributed by atoms with Gasteiger partial charge in [0, 0.05) is 35.1 Å². The summed E-state index contributed by atoms with van der Waals surface area (Å²) in [4.78, 5) is 73.9. The highest BCUT2D eigenvalue weighted by Gasteiger charge is 2.62. The molecule has 0 aromatic heterocycles. The Hall–Kier alpha value is -5.42. The maximum atomic E-state index is 14.4. The van der Waals surface area contributed by atoms with Crippen LogP contribution < -0.4 is 0 Å². The van der Waals surface area contributed by atoms with Crippen molar-refractivity contribution in [2.45, 2.75) is 145 Å². The van der Waals surface area contributed by atoms with E-state index in [0.29, 0.717) is 63.3 Å². The van der Waals surface area contributed by atoms with Gasteiger partial charge in [-0.1, -0.05) is 105 Å². The number of esters is 2. The van der Waals surface area contributed by atoms with Crippen LogP contribution in [0.1, 0.15) is 139 Å². The van der Waals surface area contributed by atoms with Crippen LogP contribution >= 0.6 is 0 Å². The minimum atomic E-state index is -2.74. The first-order valence-corrected chi connectivity index (χ1v) is 24.1. The minimum Gasteiger partial charge on any atom is -0.466 e. The van der Waals surface area contributed by atoms with Gasteiger partial charge >= 0.3 is 11.9 Å². The van der Waals surface area contributed by atoms with Gasteiger partial charge < -0.3 is 14.6 Å². The predicted molar refractivity (Wildman–Crippen MR) is 263 cm³/mol. The molecular weight excluding hydrogens is 829 g/mol. The zero-order valence-corrected chi connectivity index (χ0v) is 40.9. The molecule has 6 aliphatic rings. The third-order valence-corrected chi connectivity index (χ3v) is 14.2. The fourth-order valence-electron chi connectivity index (χ4n) is 10.1. The van der Waals surface area contributed by atoms with E-state index in [2.05, 4.69) is 41.2 Å². The zero-order chi connectivity index (χ0) is 48.0. The standard InChI is InChI=1S/C55H70N4O7/c1-12-38-35(8)42-27-43-36(9)40(23-24-48(61)66-26-25-34(7)22-16-21-33(6)20-15-19-32(5)18-14-17-31(3)4)51(58-43)50-52-49(53(62)55(50,64)54(63)65-11)37(10)44(59-52)28-46-39(13-2)41(30-60)47(57-46)29-45(38)56-42/h12,25,27-33,36,40,64H,1,13-24,26H2,2-11H3. The Morgan fingerprint density at radius 2 is 1.50 bits per heavy atom. The van der Waals surface area contributed by atoms with Crippen molar-refractivity contribution < 1.29 is 33.8 Å². The van der Waals surface area contributed by atoms with E-state index in [1.807, 2.05) is 32.9 Å². The first-order valence-electron chi connectivity index (χ1n) is 24.1. The largest absolute Gasteiger partial charge is 0.466 e. The lowest BCUT2D eigenvalue weighted by Gasteiger charge is -2.24. The number of nitrogens with zero attached hydrogens (tertiary/aromatic N) is 4. The monoisotopic (exact) mass is 899 g/mol. The lowest BCUT2D eigenvalue weighted by atomic mass is 9.82. The fraction of sp³-hybridized carbons (Fsp3) is 0.527. The second-order valence-corrected chi connectivity index (χ2v) is 19.5. The van der Waals surface area contributed by atoms with Crippen molar-refractivity contribution >= 4 is 46.9 Å². The van der Waals surface area contributed by atoms with Gasteiger partial charge in [0.05, 0.1) is 58.2 Å². The third-order valence-electron chi connectivity index (χ3n) is 14.2. The lowest BCUT2D eigenvalue weighted by Crippen LogP contribution is -2.46. The number of carbonyl (C=O) groups is 4. The molecule has 5 atom stereocenters. The third kappa shape index (κ3) is 10.3. The topological polar surface area (TPSA) is 156 Å². The van der Waals surface area contributed by atoms with Crippen molar-refractivity contribution in [1.82, 2.24) is 0 Å². The summed E-state index contributed by atoms with van der Waals surface area (Å²) in [7, 11) is 1.12. The van der Waals surface area contributed by atoms with E-state index in [0.717, 1.165) is 49.2 Å². The maximum absolute atomic E-state index is 14.4. The molecule has 1 saturated carbocycles. The molecule has 0 spiro atoms. The number of ether oxygens (including phenoxy) is 2. The molecule has 0 radical (unpaired) electrons. The number of aliphatic imine (C=N–C) groups is 4. The molecule has 1 N–H and O–H groups in total. The summed E-state index contributed by atoms with van der Waals surface area (Å²) in [6.45, 7) is 23.2. The van der Waals surface area contributed by atoms with Crippen molar-refractivity contribution in [2.75, 3.05) is 13.7 Å². The minimum absolute atomic E-state index is 0.0241. The van der Waals surface area contributed by atoms with E-state index in [9.17, 15) is 24.3 Å². The summed E-state index contributed by atoms with van der Waals surface area (Å²) in [5.74, 6) is -1.05. The first-order chi connectivity index (χ1) is 31.5. The molecule has 5 aliphatic heterocycles. The second kappa shape index (κ2) is 21.5. The van der Waals surface area contributed by atoms with Gasteiger partial charge in [0.2, 0.25) is 5.78 Å². The number of rotatable bonds is 21. The number of carbonyl (C=O) groups excluding carboxylic acids is 4. The van der Waals surface area contributed by atoms with E-state index < -0.39 is 29.2 Å². The fourth-order valence-corrected chi connectivity index (χ4v) is 10.1. The van der Waals surface area contributed by atoms with Gasteiger partial charge in [-0.3, -0.25) is 19.4 Å². The molecule has 0 saturated heterocycles. The number of aliphatic hydroxyl groups is 1. The molecule has 11 nitrogen and oxygen atoms in total. The Bertz CT molecular complexity index is 2440. The Morgan fingerprint density at radius 3 is 2.14 bits per heavy atom. The van der Waals surface area contributed by atoms with Gasteiger partial charge in [-0.25, -0.2) is 19.8 Å². The highest BCUT2D eigenvalue weighted by molar-refractivity contribution is 6.46. The Morgan fingerprint density at radius 1 is 0.864 bits per heavy atom. The average molecular weight is 899 g/mol. The van der Waals surface area contributed by atoms with Crippen LogP contribution in [-0.4, -0.2) is 71.3 Å². The van der Waals surface area contributed by atoms with E-state index >= 15 is 0 Å². The van der Waals surface area contributed by atoms with Crippen LogP contribution in [-0.2, 0) is 28.7 Å². The molecule has 5 unspecified atom stereocenters. The number of fused-ring (bicyclic) bond motifs is 4. The van der Waals surface area contributed by atoms with E-state index in [4.69, 9.17) is 29.4 Å². The summed E-state index contributed by atoms with van der Waals surface area (Å²) >= 11 is 0. The number of ketones is 1. The van der Waals surface area contributed by atoms with E-state index in [1.165, 1.54) is 50.5 Å². The van der Waals surface area contributed by atoms with E-state index in [1.54, 1.807) is 25.2 Å². The molecule has 0 aromatic carbocycles. The Labute approximate surface area is 391 Å². The van der Waals surface area contributed by atoms with Crippen LogP contribution in [0.2, 0.25) is 0 Å². The van der Waals surface area contributed by atoms with Crippen LogP contribution in [0.3, 0.4) is 0 Å². The zero-order valence-electron chi connectivity index (χ0n) is 40.9. The Balaban J connectivity index is 1.24. The maximum Gasteiger partial charge on any atom is 0.351 e. The molecule has 5 heterocycles. The molecule has 352 valence electrons. The van der Waals surface area contributed by atoms with Crippen molar-refractivity contribution in [2.24, 2.45) is 49.6 Å². The van der Waals surface area contributed by atoms with Gasteiger partial charge in [-0.15, -0.1) is 0 Å². The van der Waals surface area contributed by atoms with Crippen molar-refractivity contribution in [3.05, 3.63) is 104 Å². The van der Waals surface area contributed by atoms with Crippen LogP contribution in [0, 0.1) is 29.6 Å². The number of Topliss-reactive ketones (excluding diaryl/α,β-unsaturated/α-hetero) is 1. The Kier molecular flexibility index (Phi) is 16.3. The summed E-state index contributed by atoms with van der Waals surface area (Å²) in [5, 5.41) is 12.3.